The van der Waals surface area contributed by atoms with Gasteiger partial charge in [-0.15, -0.1) is 0 Å². The predicted molar refractivity (Wildman–Crippen MR) is 64.2 cm³/mol. The molecule has 1 saturated heterocycles. The molecule has 0 radical (unpaired) electrons. The molecule has 2 fully saturated rings. The number of thiol groups is 1. The average Bonchev–Trinajstić information content (AvgIpc) is 3.00. The maximum atomic E-state index is 12.0. The molecule has 86 valence electrons. The van der Waals surface area contributed by atoms with Gasteiger partial charge in [-0.1, -0.05) is 0 Å². The van der Waals surface area contributed by atoms with E-state index in [9.17, 15) is 4.79 Å². The third-order valence-corrected chi connectivity index (χ3v) is 4.18. The summed E-state index contributed by atoms with van der Waals surface area (Å²) in [6.45, 7) is 3.79. The zero-order chi connectivity index (χ0) is 10.7. The van der Waals surface area contributed by atoms with Gasteiger partial charge in [0.25, 0.3) is 0 Å². The summed E-state index contributed by atoms with van der Waals surface area (Å²) in [5, 5.41) is 3.32. The topological polar surface area (TPSA) is 32.3 Å². The second kappa shape index (κ2) is 4.74. The van der Waals surface area contributed by atoms with Crippen LogP contribution < -0.4 is 5.32 Å². The van der Waals surface area contributed by atoms with Gasteiger partial charge in [0.05, 0.1) is 0 Å². The van der Waals surface area contributed by atoms with Crippen LogP contribution in [-0.2, 0) is 4.79 Å². The van der Waals surface area contributed by atoms with Crippen molar-refractivity contribution in [3.63, 3.8) is 0 Å². The zero-order valence-corrected chi connectivity index (χ0v) is 10.1. The van der Waals surface area contributed by atoms with E-state index in [-0.39, 0.29) is 5.41 Å². The van der Waals surface area contributed by atoms with Gasteiger partial charge in [0.15, 0.2) is 0 Å². The highest BCUT2D eigenvalue weighted by Crippen LogP contribution is 2.49. The molecule has 1 aliphatic carbocycles. The Morgan fingerprint density at radius 1 is 1.33 bits per heavy atom. The fourth-order valence-corrected chi connectivity index (χ4v) is 2.52. The maximum Gasteiger partial charge on any atom is 0.223 e. The normalized spacial score (nSPS) is 24.7. The number of amides is 1. The first-order valence-electron chi connectivity index (χ1n) is 5.85. The lowest BCUT2D eigenvalue weighted by Crippen LogP contribution is -2.35. The summed E-state index contributed by atoms with van der Waals surface area (Å²) in [6.07, 6.45) is 4.18. The van der Waals surface area contributed by atoms with Crippen LogP contribution in [-0.4, -0.2) is 42.7 Å². The van der Waals surface area contributed by atoms with E-state index in [1.165, 1.54) is 12.8 Å². The van der Waals surface area contributed by atoms with Crippen LogP contribution in [0.4, 0.5) is 0 Å². The van der Waals surface area contributed by atoms with Crippen molar-refractivity contribution < 1.29 is 4.79 Å². The Balaban J connectivity index is 1.83. The Morgan fingerprint density at radius 3 is 2.80 bits per heavy atom. The highest BCUT2D eigenvalue weighted by Gasteiger charge is 2.43. The van der Waals surface area contributed by atoms with E-state index < -0.39 is 0 Å². The summed E-state index contributed by atoms with van der Waals surface area (Å²) in [7, 11) is 0. The minimum atomic E-state index is 0.264. The van der Waals surface area contributed by atoms with Crippen molar-refractivity contribution in [1.82, 2.24) is 10.2 Å². The Kier molecular flexibility index (Phi) is 3.57. The van der Waals surface area contributed by atoms with Gasteiger partial charge in [0.1, 0.15) is 0 Å². The molecule has 3 nitrogen and oxygen atoms in total. The standard InChI is InChI=1S/C11H20N2OS/c14-10(8-11(9-15)2-3-11)13-6-1-4-12-5-7-13/h12,15H,1-9H2. The molecular formula is C11H20N2OS. The molecule has 4 heteroatoms. The first-order valence-corrected chi connectivity index (χ1v) is 6.48. The zero-order valence-electron chi connectivity index (χ0n) is 9.17. The van der Waals surface area contributed by atoms with E-state index in [0.717, 1.165) is 44.8 Å². The van der Waals surface area contributed by atoms with Crippen molar-refractivity contribution >= 4 is 18.5 Å². The van der Waals surface area contributed by atoms with Gasteiger partial charge in [0.2, 0.25) is 5.91 Å². The molecule has 0 aromatic carbocycles. The monoisotopic (exact) mass is 228 g/mol. The lowest BCUT2D eigenvalue weighted by Gasteiger charge is -2.22. The molecule has 0 aromatic heterocycles. The Bertz CT molecular complexity index is 233. The summed E-state index contributed by atoms with van der Waals surface area (Å²) in [5.74, 6) is 1.20. The van der Waals surface area contributed by atoms with E-state index >= 15 is 0 Å². The molecule has 1 N–H and O–H groups in total. The summed E-state index contributed by atoms with van der Waals surface area (Å²) in [4.78, 5) is 14.0. The van der Waals surface area contributed by atoms with Crippen LogP contribution in [0.15, 0.2) is 0 Å². The number of rotatable bonds is 3. The third kappa shape index (κ3) is 2.88. The van der Waals surface area contributed by atoms with E-state index in [0.29, 0.717) is 5.91 Å². The van der Waals surface area contributed by atoms with E-state index in [1.54, 1.807) is 0 Å². The molecule has 0 atom stereocenters. The number of carbonyl (C=O) groups excluding carboxylic acids is 1. The van der Waals surface area contributed by atoms with Crippen LogP contribution >= 0.6 is 12.6 Å². The molecule has 1 amide bonds. The van der Waals surface area contributed by atoms with Gasteiger partial charge in [-0.3, -0.25) is 4.79 Å². The van der Waals surface area contributed by atoms with Crippen molar-refractivity contribution in [3.8, 4) is 0 Å². The minimum Gasteiger partial charge on any atom is -0.341 e. The summed E-state index contributed by atoms with van der Waals surface area (Å²) >= 11 is 4.34. The molecule has 1 aliphatic heterocycles. The Labute approximate surface area is 97.0 Å². The number of carbonyl (C=O) groups is 1. The van der Waals surface area contributed by atoms with Crippen LogP contribution in [0, 0.1) is 5.41 Å². The molecule has 2 rings (SSSR count). The van der Waals surface area contributed by atoms with Crippen LogP contribution in [0.5, 0.6) is 0 Å². The molecule has 1 saturated carbocycles. The smallest absolute Gasteiger partial charge is 0.223 e. The van der Waals surface area contributed by atoms with Gasteiger partial charge in [-0.05, 0) is 37.0 Å². The average molecular weight is 228 g/mol. The van der Waals surface area contributed by atoms with Crippen molar-refractivity contribution in [3.05, 3.63) is 0 Å². The lowest BCUT2D eigenvalue weighted by molar-refractivity contribution is -0.132. The quantitative estimate of drug-likeness (QED) is 0.704. The van der Waals surface area contributed by atoms with Crippen LogP contribution in [0.3, 0.4) is 0 Å². The second-order valence-corrected chi connectivity index (χ2v) is 5.14. The van der Waals surface area contributed by atoms with Gasteiger partial charge in [-0.25, -0.2) is 0 Å². The third-order valence-electron chi connectivity index (χ3n) is 3.51. The first-order chi connectivity index (χ1) is 7.26. The van der Waals surface area contributed by atoms with Crippen molar-refractivity contribution in [2.75, 3.05) is 31.9 Å². The maximum absolute atomic E-state index is 12.0. The van der Waals surface area contributed by atoms with Crippen LogP contribution in [0.25, 0.3) is 0 Å². The highest BCUT2D eigenvalue weighted by molar-refractivity contribution is 7.80. The molecule has 0 aromatic rings. The Hall–Kier alpha value is -0.220. The predicted octanol–water partition coefficient (Wildman–Crippen LogP) is 0.908. The molecule has 0 spiro atoms. The molecular weight excluding hydrogens is 208 g/mol. The molecule has 2 aliphatic rings. The summed E-state index contributed by atoms with van der Waals surface area (Å²) in [5.41, 5.74) is 0.264. The van der Waals surface area contributed by atoms with E-state index in [4.69, 9.17) is 0 Å². The summed E-state index contributed by atoms with van der Waals surface area (Å²) < 4.78 is 0. The number of hydrogen-bond donors (Lipinski definition) is 2. The minimum absolute atomic E-state index is 0.264. The van der Waals surface area contributed by atoms with Crippen molar-refractivity contribution in [1.29, 1.82) is 0 Å². The fraction of sp³-hybridized carbons (Fsp3) is 0.909. The first kappa shape index (κ1) is 11.3. The molecule has 0 unspecified atom stereocenters. The van der Waals surface area contributed by atoms with Crippen molar-refractivity contribution in [2.24, 2.45) is 5.41 Å². The van der Waals surface area contributed by atoms with Gasteiger partial charge < -0.3 is 10.2 Å². The fourth-order valence-electron chi connectivity index (χ4n) is 2.10. The van der Waals surface area contributed by atoms with Gasteiger partial charge in [-0.2, -0.15) is 12.6 Å². The van der Waals surface area contributed by atoms with Crippen LogP contribution in [0.2, 0.25) is 0 Å². The van der Waals surface area contributed by atoms with E-state index in [1.807, 2.05) is 4.90 Å². The van der Waals surface area contributed by atoms with E-state index in [2.05, 4.69) is 17.9 Å². The van der Waals surface area contributed by atoms with Gasteiger partial charge >= 0.3 is 0 Å². The SMILES string of the molecule is O=C(CC1(CS)CC1)N1CCCNCC1. The number of nitrogens with one attached hydrogen (secondary N) is 1. The number of hydrogen-bond acceptors (Lipinski definition) is 3. The van der Waals surface area contributed by atoms with Gasteiger partial charge in [0, 0.05) is 26.1 Å². The summed E-state index contributed by atoms with van der Waals surface area (Å²) in [6, 6.07) is 0. The van der Waals surface area contributed by atoms with Crippen molar-refractivity contribution in [2.45, 2.75) is 25.7 Å². The number of nitrogens with zero attached hydrogens (tertiary/aromatic N) is 1. The largest absolute Gasteiger partial charge is 0.341 e. The highest BCUT2D eigenvalue weighted by atomic mass is 32.1. The molecule has 1 heterocycles. The Morgan fingerprint density at radius 2 is 2.13 bits per heavy atom. The second-order valence-electron chi connectivity index (χ2n) is 4.82. The molecule has 0 bridgehead atoms. The lowest BCUT2D eigenvalue weighted by atomic mass is 10.0. The molecule has 15 heavy (non-hydrogen) atoms. The van der Waals surface area contributed by atoms with Crippen LogP contribution in [0.1, 0.15) is 25.7 Å².